The predicted molar refractivity (Wildman–Crippen MR) is 96.3 cm³/mol. The maximum Gasteiger partial charge on any atom is 0.335 e. The first-order chi connectivity index (χ1) is 11.8. The molecule has 0 unspecified atom stereocenters. The largest absolute Gasteiger partial charge is 0.478 e. The number of carboxylic acids is 1. The molecule has 0 saturated carbocycles. The van der Waals surface area contributed by atoms with Crippen LogP contribution in [-0.2, 0) is 4.79 Å². The number of nitriles is 1. The van der Waals surface area contributed by atoms with E-state index in [9.17, 15) is 14.9 Å². The van der Waals surface area contributed by atoms with Crippen molar-refractivity contribution in [2.24, 2.45) is 0 Å². The molecule has 2 aromatic carbocycles. The van der Waals surface area contributed by atoms with Gasteiger partial charge < -0.3 is 10.4 Å². The molecule has 2 rings (SSSR count). The van der Waals surface area contributed by atoms with Gasteiger partial charge in [0.25, 0.3) is 5.91 Å². The number of hydrogen-bond donors (Lipinski definition) is 2. The minimum atomic E-state index is -1.09. The van der Waals surface area contributed by atoms with Gasteiger partial charge in [-0.05, 0) is 61.7 Å². The van der Waals surface area contributed by atoms with Crippen molar-refractivity contribution in [3.8, 4) is 6.07 Å². The first-order valence-electron chi connectivity index (χ1n) is 7.66. The quantitative estimate of drug-likeness (QED) is 0.656. The normalized spacial score (nSPS) is 10.9. The molecule has 25 heavy (non-hydrogen) atoms. The van der Waals surface area contributed by atoms with E-state index in [4.69, 9.17) is 5.11 Å². The minimum absolute atomic E-state index is 0.0456. The number of amides is 1. The lowest BCUT2D eigenvalue weighted by molar-refractivity contribution is -0.112. The molecule has 0 aliphatic carbocycles. The van der Waals surface area contributed by atoms with Crippen molar-refractivity contribution in [1.29, 1.82) is 5.26 Å². The van der Waals surface area contributed by atoms with Crippen LogP contribution in [0, 0.1) is 32.1 Å². The molecule has 1 amide bonds. The molecule has 0 fully saturated rings. The summed E-state index contributed by atoms with van der Waals surface area (Å²) in [6.45, 7) is 5.84. The minimum Gasteiger partial charge on any atom is -0.478 e. The van der Waals surface area contributed by atoms with E-state index >= 15 is 0 Å². The van der Waals surface area contributed by atoms with E-state index in [1.165, 1.54) is 18.2 Å². The Balaban J connectivity index is 2.32. The molecule has 2 aromatic rings. The van der Waals surface area contributed by atoms with Gasteiger partial charge in [-0.2, -0.15) is 5.26 Å². The third-order valence-corrected chi connectivity index (χ3v) is 3.76. The van der Waals surface area contributed by atoms with Crippen molar-refractivity contribution in [1.82, 2.24) is 0 Å². The number of nitrogens with one attached hydrogen (secondary N) is 1. The Morgan fingerprint density at radius 2 is 1.76 bits per heavy atom. The molecule has 0 aromatic heterocycles. The summed E-state index contributed by atoms with van der Waals surface area (Å²) < 4.78 is 0. The van der Waals surface area contributed by atoms with Gasteiger partial charge in [-0.1, -0.05) is 23.8 Å². The molecule has 5 nitrogen and oxygen atoms in total. The Hall–Kier alpha value is -3.39. The van der Waals surface area contributed by atoms with Gasteiger partial charge in [0.2, 0.25) is 0 Å². The Labute approximate surface area is 146 Å². The standard InChI is InChI=1S/C20H18N2O3/c1-12-7-13(2)18(14(3)8-12)10-16(11-21)19(23)22-17-6-4-5-15(9-17)20(24)25/h4-10H,1-3H3,(H,22,23)(H,24,25)/b16-10-. The van der Waals surface area contributed by atoms with Gasteiger partial charge in [0.1, 0.15) is 11.6 Å². The molecule has 0 spiro atoms. The second-order valence-corrected chi connectivity index (χ2v) is 5.82. The molecular weight excluding hydrogens is 316 g/mol. The number of aromatic carboxylic acids is 1. The molecule has 0 radical (unpaired) electrons. The highest BCUT2D eigenvalue weighted by molar-refractivity contribution is 6.10. The Morgan fingerprint density at radius 1 is 1.12 bits per heavy atom. The summed E-state index contributed by atoms with van der Waals surface area (Å²) in [6, 6.07) is 11.8. The lowest BCUT2D eigenvalue weighted by atomic mass is 9.98. The van der Waals surface area contributed by atoms with Crippen LogP contribution in [-0.4, -0.2) is 17.0 Å². The van der Waals surface area contributed by atoms with Crippen LogP contribution in [0.15, 0.2) is 42.0 Å². The first-order valence-corrected chi connectivity index (χ1v) is 7.66. The number of anilines is 1. The fourth-order valence-corrected chi connectivity index (χ4v) is 2.64. The molecule has 0 aliphatic rings. The number of hydrogen-bond acceptors (Lipinski definition) is 3. The van der Waals surface area contributed by atoms with Crippen LogP contribution >= 0.6 is 0 Å². The highest BCUT2D eigenvalue weighted by Crippen LogP contribution is 2.20. The molecule has 0 bridgehead atoms. The van der Waals surface area contributed by atoms with E-state index in [0.717, 1.165) is 22.3 Å². The van der Waals surface area contributed by atoms with Crippen LogP contribution in [0.2, 0.25) is 0 Å². The number of aryl methyl sites for hydroxylation is 3. The number of carboxylic acid groups (broad SMARTS) is 1. The van der Waals surface area contributed by atoms with E-state index in [2.05, 4.69) is 5.32 Å². The highest BCUT2D eigenvalue weighted by Gasteiger charge is 2.12. The summed E-state index contributed by atoms with van der Waals surface area (Å²) in [7, 11) is 0. The van der Waals surface area contributed by atoms with Crippen LogP contribution in [0.4, 0.5) is 5.69 Å². The van der Waals surface area contributed by atoms with Crippen LogP contribution in [0.5, 0.6) is 0 Å². The molecular formula is C20H18N2O3. The van der Waals surface area contributed by atoms with E-state index < -0.39 is 11.9 Å². The first kappa shape index (κ1) is 18.0. The number of carbonyl (C=O) groups excluding carboxylic acids is 1. The second kappa shape index (κ2) is 7.45. The molecule has 2 N–H and O–H groups in total. The van der Waals surface area contributed by atoms with Gasteiger partial charge in [-0.3, -0.25) is 4.79 Å². The van der Waals surface area contributed by atoms with Gasteiger partial charge in [-0.15, -0.1) is 0 Å². The average molecular weight is 334 g/mol. The highest BCUT2D eigenvalue weighted by atomic mass is 16.4. The third-order valence-electron chi connectivity index (χ3n) is 3.76. The van der Waals surface area contributed by atoms with Crippen molar-refractivity contribution < 1.29 is 14.7 Å². The summed E-state index contributed by atoms with van der Waals surface area (Å²) in [4.78, 5) is 23.4. The SMILES string of the molecule is Cc1cc(C)c(/C=C(/C#N)C(=O)Nc2cccc(C(=O)O)c2)c(C)c1. The van der Waals surface area contributed by atoms with E-state index in [0.29, 0.717) is 5.69 Å². The number of rotatable bonds is 4. The Kier molecular flexibility index (Phi) is 5.35. The monoisotopic (exact) mass is 334 g/mol. The topological polar surface area (TPSA) is 90.2 Å². The van der Waals surface area contributed by atoms with Gasteiger partial charge >= 0.3 is 5.97 Å². The summed E-state index contributed by atoms with van der Waals surface area (Å²) in [6.07, 6.45) is 1.56. The van der Waals surface area contributed by atoms with Crippen molar-refractivity contribution in [3.05, 3.63) is 69.8 Å². The smallest absolute Gasteiger partial charge is 0.335 e. The number of carbonyl (C=O) groups is 2. The second-order valence-electron chi connectivity index (χ2n) is 5.82. The van der Waals surface area contributed by atoms with Crippen molar-refractivity contribution in [3.63, 3.8) is 0 Å². The maximum atomic E-state index is 12.4. The molecule has 126 valence electrons. The fourth-order valence-electron chi connectivity index (χ4n) is 2.64. The zero-order valence-corrected chi connectivity index (χ0v) is 14.3. The van der Waals surface area contributed by atoms with E-state index in [1.807, 2.05) is 39.0 Å². The van der Waals surface area contributed by atoms with Gasteiger partial charge in [-0.25, -0.2) is 4.79 Å². The van der Waals surface area contributed by atoms with Crippen molar-refractivity contribution in [2.45, 2.75) is 20.8 Å². The zero-order chi connectivity index (χ0) is 18.6. The van der Waals surface area contributed by atoms with E-state index in [-0.39, 0.29) is 11.1 Å². The van der Waals surface area contributed by atoms with Crippen molar-refractivity contribution >= 4 is 23.6 Å². The van der Waals surface area contributed by atoms with Crippen LogP contribution in [0.3, 0.4) is 0 Å². The van der Waals surface area contributed by atoms with Crippen LogP contribution < -0.4 is 5.32 Å². The van der Waals surface area contributed by atoms with Gasteiger partial charge in [0.15, 0.2) is 0 Å². The summed E-state index contributed by atoms with van der Waals surface area (Å²) in [5.74, 6) is -1.66. The fraction of sp³-hybridized carbons (Fsp3) is 0.150. The number of benzene rings is 2. The predicted octanol–water partition coefficient (Wildman–Crippen LogP) is 3.86. The van der Waals surface area contributed by atoms with Gasteiger partial charge in [0, 0.05) is 5.69 Å². The maximum absolute atomic E-state index is 12.4. The lowest BCUT2D eigenvalue weighted by Crippen LogP contribution is -2.14. The summed E-state index contributed by atoms with van der Waals surface area (Å²) in [5, 5.41) is 20.9. The third kappa shape index (κ3) is 4.33. The molecule has 5 heteroatoms. The number of nitrogens with zero attached hydrogens (tertiary/aromatic N) is 1. The van der Waals surface area contributed by atoms with Gasteiger partial charge in [0.05, 0.1) is 5.56 Å². The van der Waals surface area contributed by atoms with E-state index in [1.54, 1.807) is 12.1 Å². The Morgan fingerprint density at radius 3 is 2.32 bits per heavy atom. The molecule has 0 atom stereocenters. The van der Waals surface area contributed by atoms with Crippen molar-refractivity contribution in [2.75, 3.05) is 5.32 Å². The zero-order valence-electron chi connectivity index (χ0n) is 14.3. The Bertz CT molecular complexity index is 898. The van der Waals surface area contributed by atoms with Crippen LogP contribution in [0.1, 0.15) is 32.6 Å². The molecule has 0 aliphatic heterocycles. The summed E-state index contributed by atoms with van der Waals surface area (Å²) in [5.41, 5.74) is 4.23. The van der Waals surface area contributed by atoms with Crippen LogP contribution in [0.25, 0.3) is 6.08 Å². The molecule has 0 saturated heterocycles. The summed E-state index contributed by atoms with van der Waals surface area (Å²) >= 11 is 0. The lowest BCUT2D eigenvalue weighted by Gasteiger charge is -2.09. The molecule has 0 heterocycles. The average Bonchev–Trinajstić information content (AvgIpc) is 2.54.